The van der Waals surface area contributed by atoms with Crippen molar-refractivity contribution in [3.63, 3.8) is 0 Å². The highest BCUT2D eigenvalue weighted by atomic mass is 16.6. The topological polar surface area (TPSA) is 78.7 Å². The van der Waals surface area contributed by atoms with Crippen molar-refractivity contribution in [2.24, 2.45) is 15.9 Å². The third kappa shape index (κ3) is 10.7. The van der Waals surface area contributed by atoms with E-state index in [0.717, 1.165) is 43.5 Å². The van der Waals surface area contributed by atoms with Crippen molar-refractivity contribution >= 4 is 17.9 Å². The van der Waals surface area contributed by atoms with Crippen LogP contribution in [0.3, 0.4) is 0 Å². The summed E-state index contributed by atoms with van der Waals surface area (Å²) in [5.41, 5.74) is 2.04. The molecule has 0 radical (unpaired) electrons. The van der Waals surface area contributed by atoms with Crippen molar-refractivity contribution in [3.8, 4) is 0 Å². The molecule has 1 aliphatic carbocycles. The van der Waals surface area contributed by atoms with E-state index >= 15 is 0 Å². The number of allylic oxidation sites excluding steroid dienone is 1. The molecule has 0 fully saturated rings. The van der Waals surface area contributed by atoms with Gasteiger partial charge in [-0.1, -0.05) is 0 Å². The Balaban J connectivity index is 2.61. The molecule has 0 amide bonds. The van der Waals surface area contributed by atoms with Crippen LogP contribution in [0.1, 0.15) is 46.5 Å². The molecule has 166 valence electrons. The van der Waals surface area contributed by atoms with Crippen molar-refractivity contribution in [1.82, 2.24) is 0 Å². The Hall–Kier alpha value is -1.57. The Bertz CT molecular complexity index is 559. The van der Waals surface area contributed by atoms with E-state index in [4.69, 9.17) is 18.9 Å². The molecule has 1 aliphatic rings. The fourth-order valence-corrected chi connectivity index (χ4v) is 3.06. The molecule has 1 rings (SSSR count). The van der Waals surface area contributed by atoms with Gasteiger partial charge in [-0.15, -0.1) is 0 Å². The largest absolute Gasteiger partial charge is 0.462 e. The zero-order valence-electron chi connectivity index (χ0n) is 18.7. The predicted molar refractivity (Wildman–Crippen MR) is 116 cm³/mol. The molecule has 0 bridgehead atoms. The smallest absolute Gasteiger partial charge is 0.318 e. The van der Waals surface area contributed by atoms with Crippen LogP contribution >= 0.6 is 0 Å². The third-order valence-electron chi connectivity index (χ3n) is 4.55. The normalized spacial score (nSPS) is 19.2. The second kappa shape index (κ2) is 15.3. The van der Waals surface area contributed by atoms with Gasteiger partial charge in [0.05, 0.1) is 18.8 Å². The first-order valence-corrected chi connectivity index (χ1v) is 10.6. The van der Waals surface area contributed by atoms with Gasteiger partial charge in [-0.05, 0) is 58.1 Å². The van der Waals surface area contributed by atoms with Crippen LogP contribution in [-0.2, 0) is 23.7 Å². The average molecular weight is 411 g/mol. The Morgan fingerprint density at radius 2 is 1.97 bits per heavy atom. The highest BCUT2D eigenvalue weighted by molar-refractivity contribution is 6.00. The first-order valence-electron chi connectivity index (χ1n) is 10.6. The van der Waals surface area contributed by atoms with E-state index in [9.17, 15) is 4.79 Å². The summed E-state index contributed by atoms with van der Waals surface area (Å²) in [6, 6.07) is 0. The van der Waals surface area contributed by atoms with Gasteiger partial charge in [0.25, 0.3) is 0 Å². The molecule has 0 saturated heterocycles. The zero-order valence-corrected chi connectivity index (χ0v) is 18.7. The van der Waals surface area contributed by atoms with Gasteiger partial charge in [-0.25, -0.2) is 0 Å². The van der Waals surface area contributed by atoms with Crippen molar-refractivity contribution in [3.05, 3.63) is 11.6 Å². The van der Waals surface area contributed by atoms with E-state index in [1.165, 1.54) is 0 Å². The highest BCUT2D eigenvalue weighted by Gasteiger charge is 2.25. The summed E-state index contributed by atoms with van der Waals surface area (Å²) < 4.78 is 21.7. The average Bonchev–Trinajstić information content (AvgIpc) is 2.72. The number of rotatable bonds is 14. The van der Waals surface area contributed by atoms with Crippen molar-refractivity contribution in [2.75, 3.05) is 47.1 Å². The van der Waals surface area contributed by atoms with Crippen LogP contribution in [0.2, 0.25) is 0 Å². The quantitative estimate of drug-likeness (QED) is 0.249. The molecule has 0 N–H and O–H groups in total. The zero-order chi connectivity index (χ0) is 21.5. The molecular formula is C22H38N2O5. The number of carbonyl (C=O) groups excluding carboxylic acids is 1. The molecule has 0 aromatic heterocycles. The van der Waals surface area contributed by atoms with Gasteiger partial charge in [0.15, 0.2) is 0 Å². The van der Waals surface area contributed by atoms with E-state index in [-0.39, 0.29) is 24.8 Å². The van der Waals surface area contributed by atoms with E-state index in [1.807, 2.05) is 26.8 Å². The number of aliphatic imine (C=N–C) groups is 2. The van der Waals surface area contributed by atoms with Crippen molar-refractivity contribution in [2.45, 2.75) is 58.7 Å². The minimum atomic E-state index is -0.473. The molecule has 0 heterocycles. The van der Waals surface area contributed by atoms with Crippen LogP contribution in [0.15, 0.2) is 21.6 Å². The van der Waals surface area contributed by atoms with Crippen molar-refractivity contribution < 1.29 is 23.7 Å². The molecular weight excluding hydrogens is 372 g/mol. The molecule has 0 saturated carbocycles. The fourth-order valence-electron chi connectivity index (χ4n) is 3.06. The van der Waals surface area contributed by atoms with E-state index in [1.54, 1.807) is 20.4 Å². The maximum Gasteiger partial charge on any atom is 0.318 e. The van der Waals surface area contributed by atoms with Gasteiger partial charge >= 0.3 is 5.97 Å². The predicted octanol–water partition coefficient (Wildman–Crippen LogP) is 3.26. The standard InChI is InChI=1S/C22H38N2O5/c1-6-27-17(2)15-28-18(3)16-29-22(25)21(14-23-4)19-9-7-10-20(13-19)24-11-8-12-26-5/h13-14,17-18,21H,6-12,15-16H2,1-5H3. The van der Waals surface area contributed by atoms with Crippen LogP contribution in [-0.4, -0.2) is 77.2 Å². The van der Waals surface area contributed by atoms with Crippen LogP contribution in [0.25, 0.3) is 0 Å². The lowest BCUT2D eigenvalue weighted by molar-refractivity contribution is -0.149. The molecule has 7 nitrogen and oxygen atoms in total. The summed E-state index contributed by atoms with van der Waals surface area (Å²) in [5.74, 6) is -0.769. The number of ether oxygens (including phenoxy) is 4. The molecule has 0 spiro atoms. The maximum atomic E-state index is 12.7. The molecule has 3 atom stereocenters. The molecule has 29 heavy (non-hydrogen) atoms. The van der Waals surface area contributed by atoms with Gasteiger partial charge in [0.2, 0.25) is 0 Å². The van der Waals surface area contributed by atoms with Gasteiger partial charge < -0.3 is 18.9 Å². The second-order valence-corrected chi connectivity index (χ2v) is 7.22. The number of esters is 1. The number of hydrogen-bond acceptors (Lipinski definition) is 7. The summed E-state index contributed by atoms with van der Waals surface area (Å²) in [7, 11) is 3.36. The summed E-state index contributed by atoms with van der Waals surface area (Å²) in [6.07, 6.45) is 7.17. The SMILES string of the molecule is CCOC(C)COC(C)COC(=O)C(C=NC)C1=CC(=NCCCOC)CCC1. The minimum Gasteiger partial charge on any atom is -0.462 e. The summed E-state index contributed by atoms with van der Waals surface area (Å²) in [6.45, 7) is 8.57. The lowest BCUT2D eigenvalue weighted by Crippen LogP contribution is -2.28. The Labute approximate surface area is 175 Å². The fraction of sp³-hybridized carbons (Fsp3) is 0.773. The van der Waals surface area contributed by atoms with Crippen LogP contribution in [0, 0.1) is 5.92 Å². The molecule has 0 aromatic carbocycles. The Morgan fingerprint density at radius 3 is 2.66 bits per heavy atom. The van der Waals surface area contributed by atoms with Gasteiger partial charge in [0, 0.05) is 45.8 Å². The lowest BCUT2D eigenvalue weighted by Gasteiger charge is -2.21. The van der Waals surface area contributed by atoms with Crippen LogP contribution in [0.5, 0.6) is 0 Å². The van der Waals surface area contributed by atoms with Crippen LogP contribution < -0.4 is 0 Å². The summed E-state index contributed by atoms with van der Waals surface area (Å²) in [5, 5.41) is 0. The first kappa shape index (κ1) is 25.5. The van der Waals surface area contributed by atoms with Gasteiger partial charge in [0.1, 0.15) is 12.5 Å². The minimum absolute atomic E-state index is 0.0205. The Morgan fingerprint density at radius 1 is 1.21 bits per heavy atom. The highest BCUT2D eigenvalue weighted by Crippen LogP contribution is 2.24. The lowest BCUT2D eigenvalue weighted by atomic mass is 9.89. The number of hydrogen-bond donors (Lipinski definition) is 0. The summed E-state index contributed by atoms with van der Waals surface area (Å²) >= 11 is 0. The molecule has 0 aliphatic heterocycles. The third-order valence-corrected chi connectivity index (χ3v) is 4.55. The van der Waals surface area contributed by atoms with Crippen LogP contribution in [0.4, 0.5) is 0 Å². The second-order valence-electron chi connectivity index (χ2n) is 7.22. The summed E-state index contributed by atoms with van der Waals surface area (Å²) in [4.78, 5) is 21.4. The number of methoxy groups -OCH3 is 1. The van der Waals surface area contributed by atoms with Gasteiger partial charge in [-0.3, -0.25) is 14.8 Å². The van der Waals surface area contributed by atoms with E-state index < -0.39 is 5.92 Å². The maximum absolute atomic E-state index is 12.7. The number of carbonyl (C=O) groups is 1. The van der Waals surface area contributed by atoms with Gasteiger partial charge in [-0.2, -0.15) is 0 Å². The Kier molecular flexibility index (Phi) is 13.4. The number of nitrogens with zero attached hydrogens (tertiary/aromatic N) is 2. The first-order chi connectivity index (χ1) is 14.0. The van der Waals surface area contributed by atoms with Crippen molar-refractivity contribution in [1.29, 1.82) is 0 Å². The van der Waals surface area contributed by atoms with E-state index in [0.29, 0.717) is 19.8 Å². The monoisotopic (exact) mass is 410 g/mol. The molecule has 0 aromatic rings. The van der Waals surface area contributed by atoms with E-state index in [2.05, 4.69) is 9.98 Å². The molecule has 3 unspecified atom stereocenters. The molecule has 7 heteroatoms.